The minimum atomic E-state index is -0.159. The fourth-order valence-corrected chi connectivity index (χ4v) is 5.23. The van der Waals surface area contributed by atoms with Crippen molar-refractivity contribution in [3.05, 3.63) is 102 Å². The van der Waals surface area contributed by atoms with Crippen molar-refractivity contribution in [3.8, 4) is 0 Å². The second-order valence-corrected chi connectivity index (χ2v) is 7.94. The van der Waals surface area contributed by atoms with Crippen molar-refractivity contribution in [2.24, 2.45) is 5.92 Å². The summed E-state index contributed by atoms with van der Waals surface area (Å²) in [5, 5.41) is 8.93. The van der Waals surface area contributed by atoms with E-state index in [2.05, 4.69) is 72.1 Å². The molecule has 1 nitrogen and oxygen atoms in total. The highest BCUT2D eigenvalue weighted by Crippen LogP contribution is 2.52. The molecule has 0 saturated carbocycles. The molecule has 1 N–H and O–H groups in total. The quantitative estimate of drug-likeness (QED) is 0.284. The zero-order valence-electron chi connectivity index (χ0n) is 15.4. The average Bonchev–Trinajstić information content (AvgIpc) is 3.22. The third kappa shape index (κ3) is 2.24. The fourth-order valence-electron chi connectivity index (χ4n) is 5.23. The van der Waals surface area contributed by atoms with E-state index in [0.717, 1.165) is 17.7 Å². The lowest BCUT2D eigenvalue weighted by atomic mass is 9.75. The number of hydrogen-bond acceptors (Lipinski definition) is 1. The topological polar surface area (TPSA) is 12.0 Å². The zero-order valence-corrected chi connectivity index (χ0v) is 15.4. The van der Waals surface area contributed by atoms with Crippen LogP contribution in [0.15, 0.2) is 84.9 Å². The number of benzene rings is 4. The Balaban J connectivity index is 1.64. The van der Waals surface area contributed by atoms with Gasteiger partial charge in [-0.25, -0.2) is 4.39 Å². The highest BCUT2D eigenvalue weighted by Gasteiger charge is 2.39. The van der Waals surface area contributed by atoms with Crippen LogP contribution in [-0.4, -0.2) is 0 Å². The molecule has 0 radical (unpaired) electrons. The van der Waals surface area contributed by atoms with Crippen LogP contribution in [0.3, 0.4) is 0 Å². The van der Waals surface area contributed by atoms with Gasteiger partial charge in [-0.3, -0.25) is 0 Å². The molecule has 2 aliphatic rings. The molecule has 1 aliphatic heterocycles. The maximum Gasteiger partial charge on any atom is 0.123 e. The van der Waals surface area contributed by atoms with Gasteiger partial charge in [0.15, 0.2) is 0 Å². The minimum Gasteiger partial charge on any atom is -0.378 e. The molecule has 2 heteroatoms. The van der Waals surface area contributed by atoms with Gasteiger partial charge in [0.25, 0.3) is 0 Å². The number of rotatable bonds is 1. The predicted molar refractivity (Wildman–Crippen MR) is 114 cm³/mol. The van der Waals surface area contributed by atoms with Gasteiger partial charge in [0, 0.05) is 11.6 Å². The maximum atomic E-state index is 13.9. The first-order valence-corrected chi connectivity index (χ1v) is 9.92. The molecule has 0 aromatic heterocycles. The molecule has 136 valence electrons. The Labute approximate surface area is 163 Å². The second kappa shape index (κ2) is 5.93. The molecule has 3 atom stereocenters. The van der Waals surface area contributed by atoms with Crippen molar-refractivity contribution in [1.29, 1.82) is 0 Å². The van der Waals surface area contributed by atoms with Crippen LogP contribution in [0.5, 0.6) is 0 Å². The maximum absolute atomic E-state index is 13.9. The number of halogens is 1. The van der Waals surface area contributed by atoms with E-state index in [1.165, 1.54) is 27.1 Å². The van der Waals surface area contributed by atoms with Crippen LogP contribution < -0.4 is 5.32 Å². The largest absolute Gasteiger partial charge is 0.378 e. The van der Waals surface area contributed by atoms with Gasteiger partial charge in [0.05, 0.1) is 6.04 Å². The summed E-state index contributed by atoms with van der Waals surface area (Å²) >= 11 is 0. The average molecular weight is 365 g/mol. The smallest absolute Gasteiger partial charge is 0.123 e. The molecule has 6 rings (SSSR count). The van der Waals surface area contributed by atoms with Crippen LogP contribution in [0.1, 0.15) is 29.5 Å². The molecule has 0 amide bonds. The molecule has 0 fully saturated rings. The predicted octanol–water partition coefficient (Wildman–Crippen LogP) is 6.96. The minimum absolute atomic E-state index is 0.159. The summed E-state index contributed by atoms with van der Waals surface area (Å²) in [5.41, 5.74) is 3.50. The molecule has 0 unspecified atom stereocenters. The summed E-state index contributed by atoms with van der Waals surface area (Å²) in [6, 6.07) is 24.9. The summed E-state index contributed by atoms with van der Waals surface area (Å²) in [5.74, 6) is 0.492. The summed E-state index contributed by atoms with van der Waals surface area (Å²) in [4.78, 5) is 0. The fraction of sp³-hybridized carbons (Fsp3) is 0.154. The third-order valence-electron chi connectivity index (χ3n) is 6.45. The molecular weight excluding hydrogens is 345 g/mol. The van der Waals surface area contributed by atoms with E-state index >= 15 is 0 Å². The van der Waals surface area contributed by atoms with Gasteiger partial charge < -0.3 is 5.32 Å². The summed E-state index contributed by atoms with van der Waals surface area (Å²) < 4.78 is 13.9. The normalized spacial score (nSPS) is 22.8. The van der Waals surface area contributed by atoms with Crippen molar-refractivity contribution >= 4 is 27.2 Å². The van der Waals surface area contributed by atoms with Gasteiger partial charge in [-0.05, 0) is 69.3 Å². The van der Waals surface area contributed by atoms with Gasteiger partial charge in [-0.1, -0.05) is 60.7 Å². The van der Waals surface area contributed by atoms with Crippen molar-refractivity contribution in [2.45, 2.75) is 18.4 Å². The van der Waals surface area contributed by atoms with Gasteiger partial charge in [0.1, 0.15) is 5.82 Å². The molecule has 1 heterocycles. The summed E-state index contributed by atoms with van der Waals surface area (Å²) in [6.45, 7) is 0. The van der Waals surface area contributed by atoms with E-state index < -0.39 is 0 Å². The number of fused-ring (bicyclic) bond motifs is 5. The Hall–Kier alpha value is -3.13. The standard InChI is InChI=1S/C26H20FN/c27-18-12-13-24-23(15-18)21-10-5-11-22(21)26(28-24)25-19-8-3-1-6-16(19)14-17-7-2-4-9-20(17)25/h1-10,12-15,21-22,26,28H,11H2/t21-,22+,26-/m1/s1. The van der Waals surface area contributed by atoms with Crippen LogP contribution in [0.25, 0.3) is 21.5 Å². The van der Waals surface area contributed by atoms with Gasteiger partial charge in [-0.15, -0.1) is 0 Å². The number of allylic oxidation sites excluding steroid dienone is 2. The van der Waals surface area contributed by atoms with E-state index in [4.69, 9.17) is 0 Å². The molecular formula is C26H20FN. The molecule has 28 heavy (non-hydrogen) atoms. The highest BCUT2D eigenvalue weighted by molar-refractivity contribution is 6.03. The second-order valence-electron chi connectivity index (χ2n) is 7.94. The van der Waals surface area contributed by atoms with Crippen molar-refractivity contribution < 1.29 is 4.39 Å². The van der Waals surface area contributed by atoms with Crippen LogP contribution in [0.2, 0.25) is 0 Å². The van der Waals surface area contributed by atoms with Gasteiger partial charge >= 0.3 is 0 Å². The lowest BCUT2D eigenvalue weighted by Crippen LogP contribution is -2.29. The number of nitrogens with one attached hydrogen (secondary N) is 1. The number of hydrogen-bond donors (Lipinski definition) is 1. The van der Waals surface area contributed by atoms with Crippen molar-refractivity contribution in [2.75, 3.05) is 5.32 Å². The highest BCUT2D eigenvalue weighted by atomic mass is 19.1. The van der Waals surface area contributed by atoms with Gasteiger partial charge in [0.2, 0.25) is 0 Å². The van der Waals surface area contributed by atoms with E-state index in [1.807, 2.05) is 6.07 Å². The summed E-state index contributed by atoms with van der Waals surface area (Å²) in [6.07, 6.45) is 5.54. The molecule has 0 spiro atoms. The third-order valence-corrected chi connectivity index (χ3v) is 6.45. The van der Waals surface area contributed by atoms with E-state index in [9.17, 15) is 4.39 Å². The van der Waals surface area contributed by atoms with E-state index in [0.29, 0.717) is 5.92 Å². The first-order chi connectivity index (χ1) is 13.8. The number of anilines is 1. The summed E-state index contributed by atoms with van der Waals surface area (Å²) in [7, 11) is 0. The Kier molecular flexibility index (Phi) is 3.37. The lowest BCUT2D eigenvalue weighted by Gasteiger charge is -2.38. The van der Waals surface area contributed by atoms with E-state index in [1.54, 1.807) is 12.1 Å². The van der Waals surface area contributed by atoms with Crippen LogP contribution in [0.4, 0.5) is 10.1 Å². The Morgan fingerprint density at radius 2 is 1.54 bits per heavy atom. The van der Waals surface area contributed by atoms with Crippen LogP contribution in [0, 0.1) is 11.7 Å². The molecule has 1 aliphatic carbocycles. The molecule has 4 aromatic rings. The zero-order chi connectivity index (χ0) is 18.7. The van der Waals surface area contributed by atoms with Gasteiger partial charge in [-0.2, -0.15) is 0 Å². The molecule has 0 bridgehead atoms. The first-order valence-electron chi connectivity index (χ1n) is 9.92. The van der Waals surface area contributed by atoms with Crippen LogP contribution >= 0.6 is 0 Å². The van der Waals surface area contributed by atoms with Crippen molar-refractivity contribution in [1.82, 2.24) is 0 Å². The van der Waals surface area contributed by atoms with Crippen molar-refractivity contribution in [3.63, 3.8) is 0 Å². The molecule has 4 aromatic carbocycles. The molecule has 0 saturated heterocycles. The first kappa shape index (κ1) is 15.9. The Bertz CT molecular complexity index is 1200. The SMILES string of the molecule is Fc1ccc2c(c1)[C@@H]1C=CC[C@@H]1[C@H](c1c3ccccc3cc3ccccc13)N2. The Morgan fingerprint density at radius 3 is 2.29 bits per heavy atom. The van der Waals surface area contributed by atoms with E-state index in [-0.39, 0.29) is 17.8 Å². The van der Waals surface area contributed by atoms with Crippen LogP contribution in [-0.2, 0) is 0 Å². The monoisotopic (exact) mass is 365 g/mol. The Morgan fingerprint density at radius 1 is 0.821 bits per heavy atom. The lowest BCUT2D eigenvalue weighted by molar-refractivity contribution is 0.427.